The van der Waals surface area contributed by atoms with Gasteiger partial charge in [0, 0.05) is 18.3 Å². The number of carbonyl (C=O) groups excluding carboxylic acids is 3. The van der Waals surface area contributed by atoms with E-state index in [0.717, 1.165) is 0 Å². The molecule has 0 radical (unpaired) electrons. The molecule has 1 aromatic carbocycles. The third kappa shape index (κ3) is 16.0. The molecule has 27 heteroatoms. The maximum absolute atomic E-state index is 12.7. The second-order valence-electron chi connectivity index (χ2n) is 10.0. The predicted molar refractivity (Wildman–Crippen MR) is 153 cm³/mol. The average molecular weight is 787 g/mol. The number of aliphatic imine (C=N–C) groups is 1. The minimum Gasteiger partial charge on any atom is -0.862 e. The Morgan fingerprint density at radius 3 is 2.04 bits per heavy atom. The molecule has 8 N–H and O–H groups in total. The number of nitrogen functional groups attached to an aromatic ring is 2. The zero-order valence-corrected chi connectivity index (χ0v) is 38.0. The molecular formula is C24H27N9Na4O12P2. The van der Waals surface area contributed by atoms with Crippen molar-refractivity contribution in [1.82, 2.24) is 25.3 Å². The number of aromatic nitrogens is 4. The van der Waals surface area contributed by atoms with Crippen molar-refractivity contribution in [1.29, 1.82) is 0 Å². The number of aliphatic carboxylic acids is 2. The Morgan fingerprint density at radius 1 is 0.941 bits per heavy atom. The number of nitrogens with two attached hydrogens (primary N) is 2. The minimum atomic E-state index is -5.79. The fourth-order valence-corrected chi connectivity index (χ4v) is 6.58. The van der Waals surface area contributed by atoms with Crippen LogP contribution >= 0.6 is 15.9 Å². The van der Waals surface area contributed by atoms with Crippen LogP contribution in [0.3, 0.4) is 0 Å². The Balaban J connectivity index is 0. The Labute approximate surface area is 379 Å². The molecule has 51 heavy (non-hydrogen) atoms. The number of anilines is 3. The third-order valence-corrected chi connectivity index (χ3v) is 10.2. The second-order valence-corrected chi connectivity index (χ2v) is 14.0. The van der Waals surface area contributed by atoms with Gasteiger partial charge in [0.15, 0.2) is 17.0 Å². The van der Waals surface area contributed by atoms with E-state index in [0.29, 0.717) is 11.4 Å². The monoisotopic (exact) mass is 787 g/mol. The van der Waals surface area contributed by atoms with Gasteiger partial charge in [0.25, 0.3) is 13.9 Å². The standard InChI is InChI=1S/C24H31N9O12P2.4Na/c1-33(10-12-9-27-20-18(28-12)19(25)31-24(26)32-20)13-4-2-11(3-5-13)21(35)30-14(22(36)37)6-7-16(34)29-15(23(38)39)8-17(46(40,41)42)47(43,44)45;;;;/h2-5,9,14-15,17H,6-8,10H2,1H3,(H,29,34)(H,30,35)(H,36,37)(H,38,39)(H2,40,41,42)(H2,43,44,45)(H4,25,26,27,31,32);;;;/q;4*+1/p-4. The van der Waals surface area contributed by atoms with Gasteiger partial charge in [0.05, 0.1) is 56.8 Å². The van der Waals surface area contributed by atoms with Crippen LogP contribution in [0.4, 0.5) is 17.5 Å². The van der Waals surface area contributed by atoms with Gasteiger partial charge in [-0.2, -0.15) is 9.97 Å². The normalized spacial score (nSPS) is 13.2. The summed E-state index contributed by atoms with van der Waals surface area (Å²) in [5, 5.41) is 34.4. The molecule has 0 spiro atoms. The van der Waals surface area contributed by atoms with Gasteiger partial charge in [-0.3, -0.25) is 14.7 Å². The summed E-state index contributed by atoms with van der Waals surface area (Å²) < 4.78 is 0. The van der Waals surface area contributed by atoms with Crippen LogP contribution in [0.5, 0.6) is 0 Å². The van der Waals surface area contributed by atoms with Crippen molar-refractivity contribution in [2.24, 2.45) is 4.99 Å². The van der Waals surface area contributed by atoms with E-state index in [1.807, 2.05) is 0 Å². The van der Waals surface area contributed by atoms with Crippen LogP contribution in [0.25, 0.3) is 11.2 Å². The SMILES string of the molecule is CN(Cc1cnc2nc(N)nc(N)c2n1)c1ccc(C(=O)NC(CCC([O-])=NC(CC([P+]([O-])([O-])O)[P+]([O-])(O)O)C(=O)[O-])C(=O)[O-])cc1.[Na+].[Na+].[Na+].[Na+]. The van der Waals surface area contributed by atoms with E-state index in [1.165, 1.54) is 18.3 Å². The van der Waals surface area contributed by atoms with Crippen LogP contribution in [0, 0.1) is 0 Å². The van der Waals surface area contributed by atoms with Gasteiger partial charge in [0.2, 0.25) is 11.3 Å². The first-order valence-corrected chi connectivity index (χ1v) is 16.5. The molecule has 1 amide bonds. The first-order valence-electron chi connectivity index (χ1n) is 13.2. The summed E-state index contributed by atoms with van der Waals surface area (Å²) in [6, 6.07) is 1.68. The Morgan fingerprint density at radius 2 is 1.53 bits per heavy atom. The van der Waals surface area contributed by atoms with Crippen molar-refractivity contribution in [3.63, 3.8) is 0 Å². The van der Waals surface area contributed by atoms with Gasteiger partial charge in [0.1, 0.15) is 0 Å². The van der Waals surface area contributed by atoms with E-state index >= 15 is 0 Å². The Bertz CT molecular complexity index is 1660. The van der Waals surface area contributed by atoms with Crippen LogP contribution in [0.15, 0.2) is 35.5 Å². The summed E-state index contributed by atoms with van der Waals surface area (Å²) in [5.74, 6) is -6.20. The van der Waals surface area contributed by atoms with Crippen LogP contribution in [-0.4, -0.2) is 82.9 Å². The number of hydrogen-bond acceptors (Lipinski definition) is 20. The molecule has 21 nitrogen and oxygen atoms in total. The Kier molecular flexibility index (Phi) is 23.5. The van der Waals surface area contributed by atoms with E-state index < -0.39 is 76.4 Å². The number of nitrogens with zero attached hydrogens (tertiary/aromatic N) is 6. The van der Waals surface area contributed by atoms with Crippen molar-refractivity contribution < 1.29 is 177 Å². The summed E-state index contributed by atoms with van der Waals surface area (Å²) in [6.45, 7) is 0.249. The molecule has 0 saturated carbocycles. The number of carboxylic acid groups (broad SMARTS) is 2. The zero-order chi connectivity index (χ0) is 35.3. The predicted octanol–water partition coefficient (Wildman–Crippen LogP) is -19.0. The van der Waals surface area contributed by atoms with E-state index in [4.69, 9.17) is 26.1 Å². The molecule has 2 heterocycles. The van der Waals surface area contributed by atoms with Crippen molar-refractivity contribution >= 4 is 68.2 Å². The molecule has 0 aliphatic carbocycles. The van der Waals surface area contributed by atoms with Gasteiger partial charge < -0.3 is 61.3 Å². The summed E-state index contributed by atoms with van der Waals surface area (Å²) in [4.78, 5) is 118. The maximum Gasteiger partial charge on any atom is 1.00 e. The average Bonchev–Trinajstić information content (AvgIpc) is 2.95. The molecule has 3 atom stereocenters. The zero-order valence-electron chi connectivity index (χ0n) is 28.2. The van der Waals surface area contributed by atoms with Crippen molar-refractivity contribution in [2.45, 2.75) is 43.3 Å². The summed E-state index contributed by atoms with van der Waals surface area (Å²) in [7, 11) is -9.67. The first-order chi connectivity index (χ1) is 21.8. The van der Waals surface area contributed by atoms with Crippen LogP contribution in [0.2, 0.25) is 0 Å². The van der Waals surface area contributed by atoms with E-state index in [2.05, 4.69) is 30.2 Å². The van der Waals surface area contributed by atoms with Crippen molar-refractivity contribution in [3.8, 4) is 0 Å². The molecule has 0 saturated heterocycles. The van der Waals surface area contributed by atoms with Crippen LogP contribution < -0.4 is 170 Å². The Hall–Kier alpha value is -0.460. The molecule has 2 aromatic heterocycles. The van der Waals surface area contributed by atoms with Crippen LogP contribution in [0.1, 0.15) is 35.3 Å². The van der Waals surface area contributed by atoms with E-state index in [9.17, 15) is 44.4 Å². The van der Waals surface area contributed by atoms with Gasteiger partial charge in [-0.25, -0.2) is 19.8 Å². The third-order valence-electron chi connectivity index (χ3n) is 6.48. The molecule has 3 unspecified atom stereocenters. The molecule has 0 aliphatic heterocycles. The number of nitrogens with one attached hydrogen (secondary N) is 1. The van der Waals surface area contributed by atoms with Crippen LogP contribution in [-0.2, 0) is 16.1 Å². The minimum absolute atomic E-state index is 0. The fraction of sp³-hybridized carbons (Fsp3) is 0.333. The van der Waals surface area contributed by atoms with Crippen molar-refractivity contribution in [3.05, 3.63) is 41.7 Å². The first kappa shape index (κ1) is 52.6. The molecule has 0 fully saturated rings. The molecule has 0 aliphatic rings. The number of amides is 1. The van der Waals surface area contributed by atoms with E-state index in [1.54, 1.807) is 24.1 Å². The maximum atomic E-state index is 12.7. The fourth-order valence-electron chi connectivity index (χ4n) is 4.12. The van der Waals surface area contributed by atoms with Crippen molar-refractivity contribution in [2.75, 3.05) is 23.4 Å². The number of benzene rings is 1. The molecule has 3 rings (SSSR count). The summed E-state index contributed by atoms with van der Waals surface area (Å²) in [6.07, 6.45) is -1.50. The molecule has 0 bridgehead atoms. The number of carboxylic acids is 2. The quantitative estimate of drug-likeness (QED) is 0.0360. The number of fused-ring (bicyclic) bond motifs is 1. The second kappa shape index (κ2) is 22.8. The number of hydrogen-bond donors (Lipinski definition) is 6. The van der Waals surface area contributed by atoms with E-state index in [-0.39, 0.29) is 153 Å². The summed E-state index contributed by atoms with van der Waals surface area (Å²) >= 11 is 0. The number of rotatable bonds is 15. The van der Waals surface area contributed by atoms with Gasteiger partial charge in [-0.1, -0.05) is 0 Å². The van der Waals surface area contributed by atoms with Gasteiger partial charge >= 0.3 is 118 Å². The largest absolute Gasteiger partial charge is 1.00 e. The molecular weight excluding hydrogens is 760 g/mol. The van der Waals surface area contributed by atoms with Gasteiger partial charge in [-0.05, 0) is 43.0 Å². The van der Waals surface area contributed by atoms with Gasteiger partial charge in [-0.15, -0.1) is 0 Å². The molecule has 3 aromatic rings. The topological polar surface area (TPSA) is 381 Å². The smallest absolute Gasteiger partial charge is 0.862 e. The molecule has 254 valence electrons. The number of carbonyl (C=O) groups is 3. The summed E-state index contributed by atoms with van der Waals surface area (Å²) in [5.41, 5.74) is 13.0.